The van der Waals surface area contributed by atoms with Gasteiger partial charge in [-0.05, 0) is 54.4 Å². The third-order valence-electron chi connectivity index (χ3n) is 4.74. The lowest BCUT2D eigenvalue weighted by Gasteiger charge is -2.40. The lowest BCUT2D eigenvalue weighted by molar-refractivity contribution is 0.177. The highest BCUT2D eigenvalue weighted by Crippen LogP contribution is 2.40. The number of fused-ring (bicyclic) bond motifs is 1. The van der Waals surface area contributed by atoms with E-state index >= 15 is 0 Å². The molecule has 1 saturated carbocycles. The molecule has 2 atom stereocenters. The average molecular weight is 259 g/mol. The fraction of sp³-hybridized carbons (Fsp3) is 0.647. The first-order valence-electron chi connectivity index (χ1n) is 7.56. The van der Waals surface area contributed by atoms with E-state index in [1.807, 2.05) is 0 Å². The third-order valence-corrected chi connectivity index (χ3v) is 4.74. The van der Waals surface area contributed by atoms with Gasteiger partial charge in [0.25, 0.3) is 0 Å². The van der Waals surface area contributed by atoms with Crippen LogP contribution in [0.3, 0.4) is 0 Å². The summed E-state index contributed by atoms with van der Waals surface area (Å²) in [6.07, 6.45) is 4.97. The minimum absolute atomic E-state index is 0.517. The summed E-state index contributed by atoms with van der Waals surface area (Å²) in [5, 5.41) is 3.74. The van der Waals surface area contributed by atoms with E-state index in [0.717, 1.165) is 24.7 Å². The second kappa shape index (κ2) is 4.73. The van der Waals surface area contributed by atoms with Crippen molar-refractivity contribution in [1.82, 2.24) is 0 Å². The van der Waals surface area contributed by atoms with Gasteiger partial charge in [0, 0.05) is 18.2 Å². The van der Waals surface area contributed by atoms with Crippen LogP contribution < -0.4 is 10.1 Å². The fourth-order valence-corrected chi connectivity index (χ4v) is 3.65. The zero-order chi connectivity index (χ0) is 13.5. The Bertz CT molecular complexity index is 466. The van der Waals surface area contributed by atoms with Crippen LogP contribution in [0.2, 0.25) is 0 Å². The van der Waals surface area contributed by atoms with Crippen LogP contribution in [-0.4, -0.2) is 12.6 Å². The van der Waals surface area contributed by atoms with E-state index in [1.54, 1.807) is 0 Å². The Morgan fingerprint density at radius 1 is 1.32 bits per heavy atom. The molecular formula is C17H25NO. The summed E-state index contributed by atoms with van der Waals surface area (Å²) in [6, 6.07) is 7.17. The normalized spacial score (nSPS) is 28.6. The molecule has 0 amide bonds. The highest BCUT2D eigenvalue weighted by molar-refractivity contribution is 5.53. The second-order valence-electron chi connectivity index (χ2n) is 7.06. The Morgan fingerprint density at radius 2 is 2.16 bits per heavy atom. The van der Waals surface area contributed by atoms with Gasteiger partial charge in [-0.2, -0.15) is 0 Å². The van der Waals surface area contributed by atoms with E-state index < -0.39 is 0 Å². The molecule has 0 bridgehead atoms. The molecule has 2 nitrogen and oxygen atoms in total. The molecule has 2 unspecified atom stereocenters. The molecule has 2 aliphatic rings. The Kier molecular flexibility index (Phi) is 3.20. The van der Waals surface area contributed by atoms with Gasteiger partial charge in [-0.25, -0.2) is 0 Å². The van der Waals surface area contributed by atoms with Crippen LogP contribution in [0.25, 0.3) is 0 Å². The van der Waals surface area contributed by atoms with Crippen LogP contribution in [0.5, 0.6) is 5.75 Å². The van der Waals surface area contributed by atoms with E-state index in [0.29, 0.717) is 11.5 Å². The SMILES string of the molecule is CC1CC(C)(C)CCC1Nc1ccc2c(c1)CCO2. The molecule has 1 fully saturated rings. The maximum absolute atomic E-state index is 5.56. The molecule has 3 rings (SSSR count). The molecule has 1 N–H and O–H groups in total. The first-order valence-corrected chi connectivity index (χ1v) is 7.56. The number of hydrogen-bond acceptors (Lipinski definition) is 2. The van der Waals surface area contributed by atoms with Gasteiger partial charge in [0.15, 0.2) is 0 Å². The molecular weight excluding hydrogens is 234 g/mol. The Labute approximate surface area is 116 Å². The van der Waals surface area contributed by atoms with Crippen LogP contribution in [0.4, 0.5) is 5.69 Å². The van der Waals surface area contributed by atoms with Crippen molar-refractivity contribution in [2.45, 2.75) is 52.5 Å². The molecule has 2 heteroatoms. The van der Waals surface area contributed by atoms with Crippen molar-refractivity contribution in [2.75, 3.05) is 11.9 Å². The summed E-state index contributed by atoms with van der Waals surface area (Å²) >= 11 is 0. The smallest absolute Gasteiger partial charge is 0.122 e. The lowest BCUT2D eigenvalue weighted by atomic mass is 9.70. The lowest BCUT2D eigenvalue weighted by Crippen LogP contribution is -2.36. The molecule has 1 aliphatic carbocycles. The van der Waals surface area contributed by atoms with Crippen LogP contribution in [0.1, 0.15) is 45.6 Å². The predicted octanol–water partition coefficient (Wildman–Crippen LogP) is 4.25. The molecule has 1 aromatic carbocycles. The van der Waals surface area contributed by atoms with Gasteiger partial charge in [0.05, 0.1) is 6.61 Å². The first-order chi connectivity index (χ1) is 9.03. The fourth-order valence-electron chi connectivity index (χ4n) is 3.65. The van der Waals surface area contributed by atoms with Gasteiger partial charge < -0.3 is 10.1 Å². The Morgan fingerprint density at radius 3 is 2.95 bits per heavy atom. The van der Waals surface area contributed by atoms with Crippen LogP contribution in [0.15, 0.2) is 18.2 Å². The number of hydrogen-bond donors (Lipinski definition) is 1. The van der Waals surface area contributed by atoms with Crippen LogP contribution in [0, 0.1) is 11.3 Å². The maximum Gasteiger partial charge on any atom is 0.122 e. The monoisotopic (exact) mass is 259 g/mol. The van der Waals surface area contributed by atoms with Gasteiger partial charge in [-0.15, -0.1) is 0 Å². The maximum atomic E-state index is 5.56. The minimum Gasteiger partial charge on any atom is -0.493 e. The standard InChI is InChI=1S/C17H25NO/c1-12-11-17(2,3)8-6-15(12)18-14-4-5-16-13(10-14)7-9-19-16/h4-5,10,12,15,18H,6-9,11H2,1-3H3. The summed E-state index contributed by atoms with van der Waals surface area (Å²) in [6.45, 7) is 8.01. The molecule has 0 saturated heterocycles. The summed E-state index contributed by atoms with van der Waals surface area (Å²) in [7, 11) is 0. The molecule has 19 heavy (non-hydrogen) atoms. The zero-order valence-electron chi connectivity index (χ0n) is 12.3. The van der Waals surface area contributed by atoms with Gasteiger partial charge in [0.1, 0.15) is 5.75 Å². The molecule has 1 aromatic rings. The van der Waals surface area contributed by atoms with Gasteiger partial charge >= 0.3 is 0 Å². The molecule has 0 spiro atoms. The summed E-state index contributed by atoms with van der Waals surface area (Å²) < 4.78 is 5.56. The molecule has 1 aliphatic heterocycles. The second-order valence-corrected chi connectivity index (χ2v) is 7.06. The number of anilines is 1. The predicted molar refractivity (Wildman–Crippen MR) is 79.8 cm³/mol. The quantitative estimate of drug-likeness (QED) is 0.857. The van der Waals surface area contributed by atoms with E-state index in [9.17, 15) is 0 Å². The number of benzene rings is 1. The summed E-state index contributed by atoms with van der Waals surface area (Å²) in [4.78, 5) is 0. The van der Waals surface area contributed by atoms with Crippen LogP contribution in [-0.2, 0) is 6.42 Å². The van der Waals surface area contributed by atoms with Gasteiger partial charge in [0.2, 0.25) is 0 Å². The minimum atomic E-state index is 0.517. The van der Waals surface area contributed by atoms with Crippen molar-refractivity contribution < 1.29 is 4.74 Å². The van der Waals surface area contributed by atoms with Gasteiger partial charge in [-0.3, -0.25) is 0 Å². The Hall–Kier alpha value is -1.18. The van der Waals surface area contributed by atoms with Gasteiger partial charge in [-0.1, -0.05) is 20.8 Å². The number of ether oxygens (including phenoxy) is 1. The topological polar surface area (TPSA) is 21.3 Å². The summed E-state index contributed by atoms with van der Waals surface area (Å²) in [5.74, 6) is 1.82. The molecule has 104 valence electrons. The number of rotatable bonds is 2. The third kappa shape index (κ3) is 2.72. The van der Waals surface area contributed by atoms with Crippen molar-refractivity contribution in [2.24, 2.45) is 11.3 Å². The van der Waals surface area contributed by atoms with Crippen molar-refractivity contribution in [3.8, 4) is 5.75 Å². The van der Waals surface area contributed by atoms with Crippen molar-refractivity contribution in [3.63, 3.8) is 0 Å². The van der Waals surface area contributed by atoms with Crippen LogP contribution >= 0.6 is 0 Å². The highest BCUT2D eigenvalue weighted by Gasteiger charge is 2.32. The molecule has 0 aromatic heterocycles. The first kappa shape index (κ1) is 12.8. The average Bonchev–Trinajstić information content (AvgIpc) is 2.79. The van der Waals surface area contributed by atoms with E-state index in [-0.39, 0.29) is 0 Å². The van der Waals surface area contributed by atoms with Crippen molar-refractivity contribution in [3.05, 3.63) is 23.8 Å². The largest absolute Gasteiger partial charge is 0.493 e. The zero-order valence-corrected chi connectivity index (χ0v) is 12.3. The van der Waals surface area contributed by atoms with E-state index in [1.165, 1.54) is 30.5 Å². The number of nitrogens with one attached hydrogen (secondary N) is 1. The molecule has 1 heterocycles. The Balaban J connectivity index is 1.68. The van der Waals surface area contributed by atoms with E-state index in [2.05, 4.69) is 44.3 Å². The molecule has 0 radical (unpaired) electrons. The summed E-state index contributed by atoms with van der Waals surface area (Å²) in [5.41, 5.74) is 3.14. The highest BCUT2D eigenvalue weighted by atomic mass is 16.5. The van der Waals surface area contributed by atoms with Crippen molar-refractivity contribution >= 4 is 5.69 Å². The van der Waals surface area contributed by atoms with Crippen molar-refractivity contribution in [1.29, 1.82) is 0 Å². The van der Waals surface area contributed by atoms with E-state index in [4.69, 9.17) is 4.74 Å².